The van der Waals surface area contributed by atoms with Gasteiger partial charge in [-0.15, -0.1) is 0 Å². The van der Waals surface area contributed by atoms with Gasteiger partial charge in [-0.2, -0.15) is 0 Å². The number of guanidine groups is 1. The second-order valence-corrected chi connectivity index (χ2v) is 4.53. The number of hydrogen-bond acceptors (Lipinski definition) is 2. The number of hydrogen-bond donors (Lipinski definition) is 2. The van der Waals surface area contributed by atoms with Crippen molar-refractivity contribution in [1.29, 1.82) is 0 Å². The lowest BCUT2D eigenvalue weighted by molar-refractivity contribution is 0.415. The first-order valence-corrected chi connectivity index (χ1v) is 6.33. The van der Waals surface area contributed by atoms with Crippen molar-refractivity contribution in [1.82, 2.24) is 5.32 Å². The molecule has 0 aliphatic carbocycles. The smallest absolute Gasteiger partial charge is 0.189 e. The molecule has 0 aliphatic heterocycles. The molecule has 0 heterocycles. The van der Waals surface area contributed by atoms with Crippen LogP contribution >= 0.6 is 11.6 Å². The van der Waals surface area contributed by atoms with Crippen molar-refractivity contribution in [3.05, 3.63) is 28.8 Å². The van der Waals surface area contributed by atoms with E-state index in [1.807, 2.05) is 18.2 Å². The van der Waals surface area contributed by atoms with Gasteiger partial charge in [0.05, 0.1) is 18.7 Å². The van der Waals surface area contributed by atoms with Crippen LogP contribution in [0.3, 0.4) is 0 Å². The number of nitrogens with one attached hydrogen (secondary N) is 1. The number of aliphatic imine (C=N–C) groups is 1. The molecule has 0 radical (unpaired) electrons. The highest BCUT2D eigenvalue weighted by Gasteiger charge is 2.02. The number of nitrogens with zero attached hydrogens (tertiary/aromatic N) is 1. The highest BCUT2D eigenvalue weighted by molar-refractivity contribution is 6.32. The molecule has 0 saturated heterocycles. The summed E-state index contributed by atoms with van der Waals surface area (Å²) in [7, 11) is 1.59. The zero-order valence-corrected chi connectivity index (χ0v) is 11.8. The Labute approximate surface area is 113 Å². The summed E-state index contributed by atoms with van der Waals surface area (Å²) in [5.74, 6) is 1.12. The average Bonchev–Trinajstić information content (AvgIpc) is 2.36. The summed E-state index contributed by atoms with van der Waals surface area (Å²) in [6, 6.07) is 5.91. The van der Waals surface area contributed by atoms with Crippen LogP contribution in [0.5, 0.6) is 5.75 Å². The Morgan fingerprint density at radius 2 is 2.28 bits per heavy atom. The van der Waals surface area contributed by atoms with Gasteiger partial charge in [0.25, 0.3) is 0 Å². The van der Waals surface area contributed by atoms with Crippen molar-refractivity contribution >= 4 is 17.6 Å². The van der Waals surface area contributed by atoms with Gasteiger partial charge in [0, 0.05) is 6.04 Å². The summed E-state index contributed by atoms with van der Waals surface area (Å²) in [5.41, 5.74) is 6.77. The minimum atomic E-state index is 0.327. The highest BCUT2D eigenvalue weighted by atomic mass is 35.5. The molecule has 0 bridgehead atoms. The number of halogens is 1. The molecule has 3 N–H and O–H groups in total. The number of rotatable bonds is 5. The Kier molecular flexibility index (Phi) is 5.78. The Hall–Kier alpha value is -1.42. The highest BCUT2D eigenvalue weighted by Crippen LogP contribution is 2.25. The molecule has 1 atom stereocenters. The van der Waals surface area contributed by atoms with E-state index in [9.17, 15) is 0 Å². The van der Waals surface area contributed by atoms with Gasteiger partial charge in [-0.05, 0) is 31.0 Å². The van der Waals surface area contributed by atoms with E-state index in [0.29, 0.717) is 29.3 Å². The molecule has 0 saturated carbocycles. The van der Waals surface area contributed by atoms with Crippen LogP contribution in [0.4, 0.5) is 0 Å². The number of ether oxygens (including phenoxy) is 1. The van der Waals surface area contributed by atoms with Gasteiger partial charge in [-0.25, -0.2) is 4.99 Å². The minimum Gasteiger partial charge on any atom is -0.495 e. The van der Waals surface area contributed by atoms with Crippen LogP contribution in [0.1, 0.15) is 25.8 Å². The molecular formula is C13H20ClN3O. The van der Waals surface area contributed by atoms with E-state index in [1.54, 1.807) is 7.11 Å². The van der Waals surface area contributed by atoms with Crippen LogP contribution in [0.25, 0.3) is 0 Å². The first kappa shape index (κ1) is 14.6. The third-order valence-corrected chi connectivity index (χ3v) is 2.95. The van der Waals surface area contributed by atoms with Crippen LogP contribution in [-0.2, 0) is 6.54 Å². The summed E-state index contributed by atoms with van der Waals surface area (Å²) in [6.45, 7) is 4.65. The van der Waals surface area contributed by atoms with Crippen molar-refractivity contribution < 1.29 is 4.74 Å². The predicted octanol–water partition coefficient (Wildman–Crippen LogP) is 2.55. The van der Waals surface area contributed by atoms with E-state index in [1.165, 1.54) is 0 Å². The van der Waals surface area contributed by atoms with E-state index in [4.69, 9.17) is 22.1 Å². The largest absolute Gasteiger partial charge is 0.495 e. The van der Waals surface area contributed by atoms with Gasteiger partial charge in [0.1, 0.15) is 5.75 Å². The minimum absolute atomic E-state index is 0.327. The summed E-state index contributed by atoms with van der Waals surface area (Å²) in [5, 5.41) is 3.69. The maximum absolute atomic E-state index is 6.03. The zero-order chi connectivity index (χ0) is 13.5. The standard InChI is InChI=1S/C13H20ClN3O/c1-4-9(2)17-13(15)16-8-10-5-6-12(18-3)11(14)7-10/h5-7,9H,4,8H2,1-3H3,(H3,15,16,17). The first-order chi connectivity index (χ1) is 8.56. The lowest BCUT2D eigenvalue weighted by Gasteiger charge is -2.11. The molecule has 1 aromatic rings. The predicted molar refractivity (Wildman–Crippen MR) is 76.2 cm³/mol. The van der Waals surface area contributed by atoms with Gasteiger partial charge in [-0.1, -0.05) is 24.6 Å². The fourth-order valence-corrected chi connectivity index (χ4v) is 1.67. The summed E-state index contributed by atoms with van der Waals surface area (Å²) < 4.78 is 5.09. The summed E-state index contributed by atoms with van der Waals surface area (Å²) in [4.78, 5) is 4.26. The van der Waals surface area contributed by atoms with E-state index in [0.717, 1.165) is 12.0 Å². The number of benzene rings is 1. The molecule has 0 aliphatic rings. The Morgan fingerprint density at radius 3 is 2.83 bits per heavy atom. The maximum Gasteiger partial charge on any atom is 0.189 e. The fraction of sp³-hybridized carbons (Fsp3) is 0.462. The summed E-state index contributed by atoms with van der Waals surface area (Å²) >= 11 is 6.03. The Morgan fingerprint density at radius 1 is 1.56 bits per heavy atom. The van der Waals surface area contributed by atoms with Crippen molar-refractivity contribution in [3.8, 4) is 5.75 Å². The normalized spacial score (nSPS) is 13.2. The van der Waals surface area contributed by atoms with Crippen molar-refractivity contribution in [2.45, 2.75) is 32.9 Å². The third-order valence-electron chi connectivity index (χ3n) is 2.65. The lowest BCUT2D eigenvalue weighted by atomic mass is 10.2. The molecule has 4 nitrogen and oxygen atoms in total. The molecule has 0 aromatic heterocycles. The molecule has 1 rings (SSSR count). The molecule has 18 heavy (non-hydrogen) atoms. The lowest BCUT2D eigenvalue weighted by Crippen LogP contribution is -2.38. The monoisotopic (exact) mass is 269 g/mol. The van der Waals surface area contributed by atoms with Crippen molar-refractivity contribution in [3.63, 3.8) is 0 Å². The molecule has 0 fully saturated rings. The second kappa shape index (κ2) is 7.11. The van der Waals surface area contributed by atoms with E-state index < -0.39 is 0 Å². The molecule has 0 spiro atoms. The van der Waals surface area contributed by atoms with Crippen LogP contribution in [0, 0.1) is 0 Å². The van der Waals surface area contributed by atoms with Gasteiger partial charge in [0.15, 0.2) is 5.96 Å². The molecule has 100 valence electrons. The zero-order valence-electron chi connectivity index (χ0n) is 11.0. The van der Waals surface area contributed by atoms with Crippen molar-refractivity contribution in [2.75, 3.05) is 7.11 Å². The second-order valence-electron chi connectivity index (χ2n) is 4.12. The quantitative estimate of drug-likeness (QED) is 0.638. The van der Waals surface area contributed by atoms with E-state index in [-0.39, 0.29) is 0 Å². The SMILES string of the molecule is CCC(C)NC(N)=NCc1ccc(OC)c(Cl)c1. The number of nitrogens with two attached hydrogens (primary N) is 1. The average molecular weight is 270 g/mol. The molecule has 1 aromatic carbocycles. The van der Waals surface area contributed by atoms with Crippen molar-refractivity contribution in [2.24, 2.45) is 10.7 Å². The summed E-state index contributed by atoms with van der Waals surface area (Å²) in [6.07, 6.45) is 1.00. The van der Waals surface area contributed by atoms with Crippen LogP contribution in [-0.4, -0.2) is 19.1 Å². The maximum atomic E-state index is 6.03. The van der Waals surface area contributed by atoms with Crippen LogP contribution in [0.15, 0.2) is 23.2 Å². The molecule has 0 amide bonds. The number of methoxy groups -OCH3 is 1. The Balaban J connectivity index is 2.62. The van der Waals surface area contributed by atoms with Gasteiger partial charge in [-0.3, -0.25) is 0 Å². The van der Waals surface area contributed by atoms with Crippen LogP contribution in [0.2, 0.25) is 5.02 Å². The first-order valence-electron chi connectivity index (χ1n) is 5.95. The van der Waals surface area contributed by atoms with Gasteiger partial charge < -0.3 is 15.8 Å². The molecule has 5 heteroatoms. The molecular weight excluding hydrogens is 250 g/mol. The van der Waals surface area contributed by atoms with E-state index >= 15 is 0 Å². The third kappa shape index (κ3) is 4.45. The van der Waals surface area contributed by atoms with Crippen LogP contribution < -0.4 is 15.8 Å². The van der Waals surface area contributed by atoms with E-state index in [2.05, 4.69) is 24.2 Å². The van der Waals surface area contributed by atoms with Gasteiger partial charge in [0.2, 0.25) is 0 Å². The fourth-order valence-electron chi connectivity index (χ4n) is 1.38. The van der Waals surface area contributed by atoms with Gasteiger partial charge >= 0.3 is 0 Å². The molecule has 1 unspecified atom stereocenters. The topological polar surface area (TPSA) is 59.6 Å². The Bertz CT molecular complexity index is 421.